The fourth-order valence-electron chi connectivity index (χ4n) is 1.47. The number of nitrogens with zero attached hydrogens (tertiary/aromatic N) is 4. The molecule has 0 saturated heterocycles. The van der Waals surface area contributed by atoms with E-state index in [-0.39, 0.29) is 5.82 Å². The molecule has 0 unspecified atom stereocenters. The first-order valence-corrected chi connectivity index (χ1v) is 6.52. The largest absolute Gasteiger partial charge is 0.463 e. The second-order valence-corrected chi connectivity index (χ2v) is 4.68. The molecule has 2 heterocycles. The van der Waals surface area contributed by atoms with E-state index >= 15 is 0 Å². The summed E-state index contributed by atoms with van der Waals surface area (Å²) in [5, 5.41) is 7.16. The van der Waals surface area contributed by atoms with Crippen LogP contribution in [0, 0.1) is 0 Å². The molecule has 0 aliphatic carbocycles. The van der Waals surface area contributed by atoms with E-state index in [4.69, 9.17) is 0 Å². The number of methoxy groups -OCH3 is 1. The molecular formula is C11H14N4O2S. The van der Waals surface area contributed by atoms with Gasteiger partial charge in [0.1, 0.15) is 6.33 Å². The fourth-order valence-corrected chi connectivity index (χ4v) is 2.36. The van der Waals surface area contributed by atoms with Crippen LogP contribution in [0.1, 0.15) is 34.7 Å². The van der Waals surface area contributed by atoms with E-state index in [9.17, 15) is 4.79 Å². The van der Waals surface area contributed by atoms with Gasteiger partial charge in [0.05, 0.1) is 24.4 Å². The third-order valence-corrected chi connectivity index (χ3v) is 3.25. The quantitative estimate of drug-likeness (QED) is 0.767. The third kappa shape index (κ3) is 2.92. The highest BCUT2D eigenvalue weighted by atomic mass is 32.1. The number of thiazole rings is 1. The first-order chi connectivity index (χ1) is 8.72. The van der Waals surface area contributed by atoms with E-state index in [1.807, 2.05) is 5.38 Å². The van der Waals surface area contributed by atoms with Gasteiger partial charge in [-0.3, -0.25) is 0 Å². The van der Waals surface area contributed by atoms with Gasteiger partial charge in [0.25, 0.3) is 5.82 Å². The average molecular weight is 266 g/mol. The summed E-state index contributed by atoms with van der Waals surface area (Å²) in [6.45, 7) is 2.64. The maximum atomic E-state index is 11.2. The van der Waals surface area contributed by atoms with Crippen LogP contribution in [-0.4, -0.2) is 32.8 Å². The number of aromatic nitrogens is 4. The van der Waals surface area contributed by atoms with Gasteiger partial charge < -0.3 is 4.74 Å². The van der Waals surface area contributed by atoms with Crippen molar-refractivity contribution >= 4 is 17.3 Å². The predicted octanol–water partition coefficient (Wildman–Crippen LogP) is 1.52. The smallest absolute Gasteiger partial charge is 0.377 e. The van der Waals surface area contributed by atoms with E-state index in [1.165, 1.54) is 13.4 Å². The minimum Gasteiger partial charge on any atom is -0.463 e. The molecule has 0 aliphatic rings. The van der Waals surface area contributed by atoms with Crippen LogP contribution in [0.4, 0.5) is 0 Å². The van der Waals surface area contributed by atoms with Gasteiger partial charge in [0, 0.05) is 5.38 Å². The Balaban J connectivity index is 2.04. The molecule has 0 amide bonds. The molecule has 7 heteroatoms. The van der Waals surface area contributed by atoms with Gasteiger partial charge >= 0.3 is 5.97 Å². The second-order valence-electron chi connectivity index (χ2n) is 3.74. The van der Waals surface area contributed by atoms with Crippen LogP contribution in [-0.2, 0) is 17.7 Å². The molecule has 0 bridgehead atoms. The molecule has 0 atom stereocenters. The fraction of sp³-hybridized carbons (Fsp3) is 0.455. The van der Waals surface area contributed by atoms with Crippen molar-refractivity contribution < 1.29 is 9.53 Å². The zero-order valence-electron chi connectivity index (χ0n) is 10.3. The summed E-state index contributed by atoms with van der Waals surface area (Å²) in [7, 11) is 1.31. The van der Waals surface area contributed by atoms with Crippen LogP contribution in [0.15, 0.2) is 11.7 Å². The molecule has 6 nitrogen and oxygen atoms in total. The van der Waals surface area contributed by atoms with E-state index in [2.05, 4.69) is 26.7 Å². The lowest BCUT2D eigenvalue weighted by Crippen LogP contribution is -2.06. The summed E-state index contributed by atoms with van der Waals surface area (Å²) in [5.41, 5.74) is 0.935. The molecule has 0 saturated carbocycles. The van der Waals surface area contributed by atoms with E-state index in [0.29, 0.717) is 6.54 Å². The van der Waals surface area contributed by atoms with Crippen molar-refractivity contribution in [2.24, 2.45) is 0 Å². The van der Waals surface area contributed by atoms with Crippen molar-refractivity contribution in [3.05, 3.63) is 28.2 Å². The Bertz CT molecular complexity index is 535. The number of ether oxygens (including phenoxy) is 1. The van der Waals surface area contributed by atoms with Crippen LogP contribution in [0.5, 0.6) is 0 Å². The molecule has 0 N–H and O–H groups in total. The van der Waals surface area contributed by atoms with Crippen molar-refractivity contribution in [1.29, 1.82) is 0 Å². The first kappa shape index (κ1) is 12.7. The lowest BCUT2D eigenvalue weighted by Gasteiger charge is -1.96. The lowest BCUT2D eigenvalue weighted by atomic mass is 10.3. The number of rotatable bonds is 5. The van der Waals surface area contributed by atoms with E-state index < -0.39 is 5.97 Å². The van der Waals surface area contributed by atoms with Crippen LogP contribution in [0.2, 0.25) is 0 Å². The molecule has 0 radical (unpaired) electrons. The van der Waals surface area contributed by atoms with Gasteiger partial charge in [-0.2, -0.15) is 0 Å². The van der Waals surface area contributed by atoms with Gasteiger partial charge in [0.15, 0.2) is 0 Å². The molecular weight excluding hydrogens is 252 g/mol. The summed E-state index contributed by atoms with van der Waals surface area (Å²) in [6, 6.07) is 0. The van der Waals surface area contributed by atoms with Crippen molar-refractivity contribution in [1.82, 2.24) is 19.7 Å². The number of hydrogen-bond acceptors (Lipinski definition) is 6. The predicted molar refractivity (Wildman–Crippen MR) is 66.6 cm³/mol. The number of hydrogen-bond donors (Lipinski definition) is 0. The minimum atomic E-state index is -0.529. The Hall–Kier alpha value is -1.76. The Morgan fingerprint density at radius 1 is 1.56 bits per heavy atom. The number of aryl methyl sites for hydroxylation is 1. The number of esters is 1. The molecule has 96 valence electrons. The topological polar surface area (TPSA) is 69.9 Å². The van der Waals surface area contributed by atoms with E-state index in [1.54, 1.807) is 16.0 Å². The molecule has 2 aromatic heterocycles. The Morgan fingerprint density at radius 2 is 2.39 bits per heavy atom. The molecule has 18 heavy (non-hydrogen) atoms. The minimum absolute atomic E-state index is 0.0708. The molecule has 0 spiro atoms. The second kappa shape index (κ2) is 5.72. The molecule has 0 aromatic carbocycles. The van der Waals surface area contributed by atoms with Gasteiger partial charge in [-0.1, -0.05) is 6.92 Å². The van der Waals surface area contributed by atoms with Crippen LogP contribution >= 0.6 is 11.3 Å². The highest BCUT2D eigenvalue weighted by Gasteiger charge is 2.11. The Kier molecular flexibility index (Phi) is 4.03. The zero-order valence-corrected chi connectivity index (χ0v) is 11.1. The SMILES string of the molecule is CCCc1nc(Cn2cnc(C(=O)OC)n2)cs1. The maximum Gasteiger partial charge on any atom is 0.377 e. The van der Waals surface area contributed by atoms with Crippen molar-refractivity contribution in [3.63, 3.8) is 0 Å². The highest BCUT2D eigenvalue weighted by molar-refractivity contribution is 7.09. The zero-order chi connectivity index (χ0) is 13.0. The van der Waals surface area contributed by atoms with E-state index in [0.717, 1.165) is 23.5 Å². The highest BCUT2D eigenvalue weighted by Crippen LogP contribution is 2.12. The summed E-state index contributed by atoms with van der Waals surface area (Å²) >= 11 is 1.65. The van der Waals surface area contributed by atoms with Crippen LogP contribution < -0.4 is 0 Å². The number of carbonyl (C=O) groups excluding carboxylic acids is 1. The van der Waals surface area contributed by atoms with Crippen LogP contribution in [0.3, 0.4) is 0 Å². The van der Waals surface area contributed by atoms with Crippen molar-refractivity contribution in [3.8, 4) is 0 Å². The summed E-state index contributed by atoms with van der Waals surface area (Å²) < 4.78 is 6.13. The summed E-state index contributed by atoms with van der Waals surface area (Å²) in [5.74, 6) is -0.458. The Labute approximate surface area is 109 Å². The third-order valence-electron chi connectivity index (χ3n) is 2.29. The van der Waals surface area contributed by atoms with Crippen molar-refractivity contribution in [2.75, 3.05) is 7.11 Å². The normalized spacial score (nSPS) is 10.6. The average Bonchev–Trinajstić information content (AvgIpc) is 2.99. The lowest BCUT2D eigenvalue weighted by molar-refractivity contribution is 0.0586. The standard InChI is InChI=1S/C11H14N4O2S/c1-3-4-9-13-8(6-18-9)5-15-7-12-10(14-15)11(16)17-2/h6-7H,3-5H2,1-2H3. The molecule has 2 aromatic rings. The molecule has 0 aliphatic heterocycles. The van der Waals surface area contributed by atoms with Gasteiger partial charge in [-0.25, -0.2) is 19.4 Å². The maximum absolute atomic E-state index is 11.2. The monoisotopic (exact) mass is 266 g/mol. The van der Waals surface area contributed by atoms with Gasteiger partial charge in [-0.15, -0.1) is 16.4 Å². The van der Waals surface area contributed by atoms with Crippen molar-refractivity contribution in [2.45, 2.75) is 26.3 Å². The first-order valence-electron chi connectivity index (χ1n) is 5.64. The summed E-state index contributed by atoms with van der Waals surface area (Å²) in [4.78, 5) is 19.6. The number of carbonyl (C=O) groups is 1. The van der Waals surface area contributed by atoms with Gasteiger partial charge in [0.2, 0.25) is 0 Å². The molecule has 2 rings (SSSR count). The van der Waals surface area contributed by atoms with Gasteiger partial charge in [-0.05, 0) is 12.8 Å². The summed E-state index contributed by atoms with van der Waals surface area (Å²) in [6.07, 6.45) is 3.59. The Morgan fingerprint density at radius 3 is 3.11 bits per heavy atom. The molecule has 0 fully saturated rings. The van der Waals surface area contributed by atoms with Crippen LogP contribution in [0.25, 0.3) is 0 Å².